The van der Waals surface area contributed by atoms with E-state index in [1.54, 1.807) is 0 Å². The largest absolute Gasteiger partial charge is 0.463 e. The molecular formula is C13H26N6O. The molecule has 7 nitrogen and oxygen atoms in total. The average molecular weight is 282 g/mol. The highest BCUT2D eigenvalue weighted by atomic mass is 16.5. The molecule has 0 aliphatic heterocycles. The van der Waals surface area contributed by atoms with Crippen LogP contribution in [0, 0.1) is 0 Å². The minimum absolute atomic E-state index is 0.376. The summed E-state index contributed by atoms with van der Waals surface area (Å²) in [5.41, 5.74) is 0. The molecule has 0 atom stereocenters. The highest BCUT2D eigenvalue weighted by Gasteiger charge is 2.08. The van der Waals surface area contributed by atoms with Gasteiger partial charge in [-0.05, 0) is 26.9 Å². The summed E-state index contributed by atoms with van der Waals surface area (Å²) in [6.07, 6.45) is 1.95. The lowest BCUT2D eigenvalue weighted by atomic mass is 10.4. The van der Waals surface area contributed by atoms with Gasteiger partial charge in [0.15, 0.2) is 0 Å². The van der Waals surface area contributed by atoms with Gasteiger partial charge in [0.2, 0.25) is 11.9 Å². The third-order valence-corrected chi connectivity index (χ3v) is 2.52. The summed E-state index contributed by atoms with van der Waals surface area (Å²) in [5, 5.41) is 3.16. The Morgan fingerprint density at radius 2 is 1.85 bits per heavy atom. The Morgan fingerprint density at radius 3 is 2.45 bits per heavy atom. The molecule has 0 aromatic carbocycles. The number of hydrogen-bond acceptors (Lipinski definition) is 7. The van der Waals surface area contributed by atoms with Gasteiger partial charge in [-0.15, -0.1) is 0 Å². The van der Waals surface area contributed by atoms with Crippen molar-refractivity contribution in [2.24, 2.45) is 0 Å². The van der Waals surface area contributed by atoms with Crippen LogP contribution >= 0.6 is 0 Å². The van der Waals surface area contributed by atoms with Gasteiger partial charge >= 0.3 is 6.01 Å². The van der Waals surface area contributed by atoms with Gasteiger partial charge in [0.1, 0.15) is 0 Å². The summed E-state index contributed by atoms with van der Waals surface area (Å²) in [4.78, 5) is 16.9. The van der Waals surface area contributed by atoms with Crippen molar-refractivity contribution in [3.8, 4) is 6.01 Å². The SMILES string of the molecule is CCCNc1nc(OCCCN(C)C)nc(N(C)C)n1. The van der Waals surface area contributed by atoms with E-state index in [1.165, 1.54) is 0 Å². The number of anilines is 2. The second-order valence-electron chi connectivity index (χ2n) is 5.07. The molecule has 20 heavy (non-hydrogen) atoms. The number of hydrogen-bond donors (Lipinski definition) is 1. The van der Waals surface area contributed by atoms with Crippen molar-refractivity contribution in [2.75, 3.05) is 58.1 Å². The molecule has 1 aromatic heterocycles. The quantitative estimate of drug-likeness (QED) is 0.680. The van der Waals surface area contributed by atoms with Crippen molar-refractivity contribution in [3.63, 3.8) is 0 Å². The maximum absolute atomic E-state index is 5.61. The van der Waals surface area contributed by atoms with Gasteiger partial charge in [-0.3, -0.25) is 0 Å². The Morgan fingerprint density at radius 1 is 1.10 bits per heavy atom. The molecule has 0 saturated heterocycles. The van der Waals surface area contributed by atoms with Crippen LogP contribution in [0.3, 0.4) is 0 Å². The zero-order valence-electron chi connectivity index (χ0n) is 13.2. The monoisotopic (exact) mass is 282 g/mol. The first-order valence-electron chi connectivity index (χ1n) is 6.97. The zero-order chi connectivity index (χ0) is 15.0. The second-order valence-corrected chi connectivity index (χ2v) is 5.07. The van der Waals surface area contributed by atoms with Gasteiger partial charge < -0.3 is 19.9 Å². The Labute approximate surface area is 121 Å². The molecule has 0 spiro atoms. The molecule has 0 aliphatic rings. The molecule has 0 bridgehead atoms. The Bertz CT molecular complexity index is 396. The molecule has 1 aromatic rings. The number of ether oxygens (including phenoxy) is 1. The van der Waals surface area contributed by atoms with Crippen LogP contribution in [-0.2, 0) is 0 Å². The summed E-state index contributed by atoms with van der Waals surface area (Å²) in [6, 6.07) is 0.376. The van der Waals surface area contributed by atoms with Crippen LogP contribution in [0.15, 0.2) is 0 Å². The molecule has 1 N–H and O–H groups in total. The van der Waals surface area contributed by atoms with Gasteiger partial charge in [0.25, 0.3) is 0 Å². The molecule has 0 aliphatic carbocycles. The maximum atomic E-state index is 5.61. The average Bonchev–Trinajstić information content (AvgIpc) is 2.41. The minimum atomic E-state index is 0.376. The molecule has 1 heterocycles. The summed E-state index contributed by atoms with van der Waals surface area (Å²) in [6.45, 7) is 4.51. The highest BCUT2D eigenvalue weighted by Crippen LogP contribution is 2.13. The van der Waals surface area contributed by atoms with Crippen LogP contribution in [0.2, 0.25) is 0 Å². The fraction of sp³-hybridized carbons (Fsp3) is 0.769. The maximum Gasteiger partial charge on any atom is 0.323 e. The van der Waals surface area contributed by atoms with Crippen molar-refractivity contribution in [1.82, 2.24) is 19.9 Å². The van der Waals surface area contributed by atoms with Crippen LogP contribution in [0.4, 0.5) is 11.9 Å². The lowest BCUT2D eigenvalue weighted by Gasteiger charge is -2.14. The first-order chi connectivity index (χ1) is 9.52. The summed E-state index contributed by atoms with van der Waals surface area (Å²) >= 11 is 0. The van der Waals surface area contributed by atoms with Crippen LogP contribution in [0.25, 0.3) is 0 Å². The predicted molar refractivity (Wildman–Crippen MR) is 81.6 cm³/mol. The topological polar surface area (TPSA) is 66.4 Å². The molecule has 0 amide bonds. The third kappa shape index (κ3) is 6.01. The van der Waals surface area contributed by atoms with Crippen molar-refractivity contribution >= 4 is 11.9 Å². The molecule has 0 fully saturated rings. The van der Waals surface area contributed by atoms with Gasteiger partial charge in [-0.25, -0.2) is 0 Å². The van der Waals surface area contributed by atoms with Gasteiger partial charge in [0, 0.05) is 27.2 Å². The summed E-state index contributed by atoms with van der Waals surface area (Å²) < 4.78 is 5.61. The fourth-order valence-electron chi connectivity index (χ4n) is 1.47. The zero-order valence-corrected chi connectivity index (χ0v) is 13.2. The molecule has 0 radical (unpaired) electrons. The fourth-order valence-corrected chi connectivity index (χ4v) is 1.47. The van der Waals surface area contributed by atoms with Crippen LogP contribution in [0.1, 0.15) is 19.8 Å². The molecule has 7 heteroatoms. The van der Waals surface area contributed by atoms with Crippen LogP contribution in [-0.4, -0.2) is 67.7 Å². The Balaban J connectivity index is 2.65. The van der Waals surface area contributed by atoms with Crippen molar-refractivity contribution in [1.29, 1.82) is 0 Å². The molecule has 1 rings (SSSR count). The molecule has 0 unspecified atom stereocenters. The van der Waals surface area contributed by atoms with Crippen molar-refractivity contribution in [2.45, 2.75) is 19.8 Å². The number of rotatable bonds is 9. The van der Waals surface area contributed by atoms with E-state index in [2.05, 4.69) is 32.1 Å². The van der Waals surface area contributed by atoms with Crippen molar-refractivity contribution < 1.29 is 4.74 Å². The van der Waals surface area contributed by atoms with Crippen molar-refractivity contribution in [3.05, 3.63) is 0 Å². The van der Waals surface area contributed by atoms with Gasteiger partial charge in [-0.1, -0.05) is 6.92 Å². The van der Waals surface area contributed by atoms with E-state index >= 15 is 0 Å². The van der Waals surface area contributed by atoms with Gasteiger partial charge in [0.05, 0.1) is 6.61 Å². The number of aromatic nitrogens is 3. The smallest absolute Gasteiger partial charge is 0.323 e. The highest BCUT2D eigenvalue weighted by molar-refractivity contribution is 5.36. The third-order valence-electron chi connectivity index (χ3n) is 2.52. The number of nitrogens with zero attached hydrogens (tertiary/aromatic N) is 5. The molecule has 0 saturated carbocycles. The normalized spacial score (nSPS) is 10.7. The predicted octanol–water partition coefficient (Wildman–Crippen LogP) is 1.09. The van der Waals surface area contributed by atoms with Crippen LogP contribution < -0.4 is 15.0 Å². The lowest BCUT2D eigenvalue weighted by molar-refractivity contribution is 0.263. The van der Waals surface area contributed by atoms with Crippen LogP contribution in [0.5, 0.6) is 6.01 Å². The Hall–Kier alpha value is -1.63. The molecular weight excluding hydrogens is 256 g/mol. The standard InChI is InChI=1S/C13H26N6O/c1-6-8-14-11-15-12(19(4)5)17-13(16-11)20-10-7-9-18(2)3/h6-10H2,1-5H3,(H,14,15,16,17). The minimum Gasteiger partial charge on any atom is -0.463 e. The molecule has 114 valence electrons. The lowest BCUT2D eigenvalue weighted by Crippen LogP contribution is -2.18. The van der Waals surface area contributed by atoms with E-state index in [4.69, 9.17) is 4.74 Å². The van der Waals surface area contributed by atoms with E-state index < -0.39 is 0 Å². The summed E-state index contributed by atoms with van der Waals surface area (Å²) in [7, 11) is 7.88. The number of nitrogens with one attached hydrogen (secondary N) is 1. The Kier molecular flexibility index (Phi) is 7.00. The van der Waals surface area contributed by atoms with E-state index in [1.807, 2.05) is 33.1 Å². The van der Waals surface area contributed by atoms with Gasteiger partial charge in [-0.2, -0.15) is 15.0 Å². The summed E-state index contributed by atoms with van der Waals surface area (Å²) in [5.74, 6) is 1.16. The second kappa shape index (κ2) is 8.52. The van der Waals surface area contributed by atoms with E-state index in [0.717, 1.165) is 25.9 Å². The first kappa shape index (κ1) is 16.4. The van der Waals surface area contributed by atoms with E-state index in [0.29, 0.717) is 24.5 Å². The van der Waals surface area contributed by atoms with E-state index in [-0.39, 0.29) is 0 Å². The van der Waals surface area contributed by atoms with E-state index in [9.17, 15) is 0 Å². The first-order valence-corrected chi connectivity index (χ1v) is 6.97.